The van der Waals surface area contributed by atoms with Crippen molar-refractivity contribution in [1.29, 1.82) is 0 Å². The lowest BCUT2D eigenvalue weighted by Gasteiger charge is -2.55. The lowest BCUT2D eigenvalue weighted by Crippen LogP contribution is -2.62. The number of amides is 1. The zero-order chi connectivity index (χ0) is 20.1. The molecule has 6 rings (SSSR count). The molecule has 1 aromatic carbocycles. The lowest BCUT2D eigenvalue weighted by molar-refractivity contribution is -0.0551. The summed E-state index contributed by atoms with van der Waals surface area (Å²) in [6.07, 6.45) is 8.39. The maximum atomic E-state index is 13.3. The molecule has 5 fully saturated rings. The van der Waals surface area contributed by atoms with Crippen LogP contribution in [0.2, 0.25) is 0 Å². The zero-order valence-electron chi connectivity index (χ0n) is 18.0. The van der Waals surface area contributed by atoms with Crippen molar-refractivity contribution in [3.63, 3.8) is 0 Å². The molecule has 1 saturated carbocycles. The van der Waals surface area contributed by atoms with Gasteiger partial charge in [-0.3, -0.25) is 9.69 Å². The second-order valence-electron chi connectivity index (χ2n) is 10.3. The van der Waals surface area contributed by atoms with E-state index in [0.29, 0.717) is 11.8 Å². The summed E-state index contributed by atoms with van der Waals surface area (Å²) in [4.78, 5) is 20.8. The lowest BCUT2D eigenvalue weighted by atomic mass is 9.74. The Labute approximate surface area is 180 Å². The summed E-state index contributed by atoms with van der Waals surface area (Å²) < 4.78 is 5.45. The van der Waals surface area contributed by atoms with Crippen LogP contribution in [0.5, 0.6) is 0 Å². The fourth-order valence-corrected chi connectivity index (χ4v) is 6.82. The van der Waals surface area contributed by atoms with Crippen LogP contribution in [-0.4, -0.2) is 73.7 Å². The van der Waals surface area contributed by atoms with Crippen LogP contribution in [-0.2, 0) is 4.74 Å². The first-order valence-corrected chi connectivity index (χ1v) is 12.2. The largest absolute Gasteiger partial charge is 0.378 e. The van der Waals surface area contributed by atoms with Crippen molar-refractivity contribution in [2.75, 3.05) is 50.8 Å². The molecule has 5 aliphatic rings. The second-order valence-corrected chi connectivity index (χ2v) is 10.3. The number of piperidine rings is 3. The van der Waals surface area contributed by atoms with Crippen LogP contribution in [0, 0.1) is 17.8 Å². The predicted octanol–water partition coefficient (Wildman–Crippen LogP) is 3.25. The number of rotatable bonds is 3. The van der Waals surface area contributed by atoms with E-state index < -0.39 is 0 Å². The van der Waals surface area contributed by atoms with Crippen molar-refractivity contribution in [3.05, 3.63) is 29.8 Å². The van der Waals surface area contributed by atoms with Crippen LogP contribution in [0.25, 0.3) is 0 Å². The fourth-order valence-electron chi connectivity index (χ4n) is 6.82. The van der Waals surface area contributed by atoms with Gasteiger partial charge in [0.05, 0.1) is 13.2 Å². The minimum atomic E-state index is 0.237. The molecule has 4 atom stereocenters. The first kappa shape index (κ1) is 19.1. The Morgan fingerprint density at radius 3 is 2.33 bits per heavy atom. The number of carbonyl (C=O) groups excluding carboxylic acids is 1. The summed E-state index contributed by atoms with van der Waals surface area (Å²) in [5, 5.41) is 0. The van der Waals surface area contributed by atoms with Gasteiger partial charge in [0.15, 0.2) is 0 Å². The topological polar surface area (TPSA) is 36.0 Å². The fraction of sp³-hybridized carbons (Fsp3) is 0.720. The Morgan fingerprint density at radius 1 is 0.867 bits per heavy atom. The minimum Gasteiger partial charge on any atom is -0.378 e. The molecule has 5 heteroatoms. The maximum absolute atomic E-state index is 13.3. The summed E-state index contributed by atoms with van der Waals surface area (Å²) in [5.74, 6) is 2.56. The van der Waals surface area contributed by atoms with E-state index in [1.807, 2.05) is 12.1 Å². The van der Waals surface area contributed by atoms with Gasteiger partial charge in [-0.25, -0.2) is 0 Å². The van der Waals surface area contributed by atoms with Crippen molar-refractivity contribution < 1.29 is 9.53 Å². The molecule has 0 aromatic heterocycles. The molecule has 1 amide bonds. The number of carbonyl (C=O) groups is 1. The average Bonchev–Trinajstić information content (AvgIpc) is 3.64. The molecule has 0 N–H and O–H groups in total. The van der Waals surface area contributed by atoms with E-state index in [2.05, 4.69) is 26.8 Å². The minimum absolute atomic E-state index is 0.237. The number of anilines is 1. The summed E-state index contributed by atoms with van der Waals surface area (Å²) in [6, 6.07) is 9.88. The van der Waals surface area contributed by atoms with Gasteiger partial charge in [-0.1, -0.05) is 6.42 Å². The zero-order valence-corrected chi connectivity index (χ0v) is 18.0. The van der Waals surface area contributed by atoms with Gasteiger partial charge in [0.2, 0.25) is 0 Å². The van der Waals surface area contributed by atoms with Crippen molar-refractivity contribution in [3.8, 4) is 0 Å². The first-order chi connectivity index (χ1) is 14.8. The first-order valence-electron chi connectivity index (χ1n) is 12.2. The molecule has 162 valence electrons. The van der Waals surface area contributed by atoms with Gasteiger partial charge in [0.25, 0.3) is 5.91 Å². The summed E-state index contributed by atoms with van der Waals surface area (Å²) >= 11 is 0. The Bertz CT molecular complexity index is 771. The smallest absolute Gasteiger partial charge is 0.253 e. The highest BCUT2D eigenvalue weighted by atomic mass is 16.5. The third-order valence-electron chi connectivity index (χ3n) is 8.38. The Morgan fingerprint density at radius 2 is 1.60 bits per heavy atom. The predicted molar refractivity (Wildman–Crippen MR) is 118 cm³/mol. The number of benzene rings is 1. The van der Waals surface area contributed by atoms with Crippen LogP contribution < -0.4 is 4.90 Å². The standard InChI is InChI=1S/C25H35N3O2/c29-25(20-6-8-22(9-7-20)26-10-12-30-13-11-26)27-15-18-14-21(17-27)24-3-1-2-23(19-4-5-19)28(24)16-18/h6-9,18-19,21,23-24H,1-5,10-17H2/t18-,21+,23+,24-/m0/s1. The Hall–Kier alpha value is -1.59. The number of ether oxygens (including phenoxy) is 1. The van der Waals surface area contributed by atoms with Crippen LogP contribution in [0.15, 0.2) is 24.3 Å². The quantitative estimate of drug-likeness (QED) is 0.768. The second kappa shape index (κ2) is 7.83. The van der Waals surface area contributed by atoms with E-state index in [4.69, 9.17) is 4.74 Å². The molecule has 30 heavy (non-hydrogen) atoms. The molecule has 0 unspecified atom stereocenters. The molecule has 0 spiro atoms. The van der Waals surface area contributed by atoms with Crippen molar-refractivity contribution >= 4 is 11.6 Å². The summed E-state index contributed by atoms with van der Waals surface area (Å²) in [7, 11) is 0. The van der Waals surface area contributed by atoms with Gasteiger partial charge >= 0.3 is 0 Å². The van der Waals surface area contributed by atoms with Gasteiger partial charge in [0, 0.05) is 56.1 Å². The highest BCUT2D eigenvalue weighted by Gasteiger charge is 2.48. The molecule has 5 nitrogen and oxygen atoms in total. The molecule has 1 aromatic rings. The molecular weight excluding hydrogens is 374 g/mol. The Kier molecular flexibility index (Phi) is 4.99. The van der Waals surface area contributed by atoms with E-state index in [1.165, 1.54) is 50.8 Å². The van der Waals surface area contributed by atoms with Crippen LogP contribution in [0.3, 0.4) is 0 Å². The molecular formula is C25H35N3O2. The number of likely N-dealkylation sites (tertiary alicyclic amines) is 1. The third kappa shape index (κ3) is 3.54. The molecule has 4 aliphatic heterocycles. The highest BCUT2D eigenvalue weighted by molar-refractivity contribution is 5.94. The Balaban J connectivity index is 1.14. The number of fused-ring (bicyclic) bond motifs is 4. The number of hydrogen-bond donors (Lipinski definition) is 0. The van der Waals surface area contributed by atoms with Crippen molar-refractivity contribution in [1.82, 2.24) is 9.80 Å². The number of nitrogens with zero attached hydrogens (tertiary/aromatic N) is 3. The van der Waals surface area contributed by atoms with Gasteiger partial charge in [-0.05, 0) is 74.1 Å². The maximum Gasteiger partial charge on any atom is 0.253 e. The number of morpholine rings is 1. The molecule has 1 aliphatic carbocycles. The van der Waals surface area contributed by atoms with E-state index in [9.17, 15) is 4.79 Å². The third-order valence-corrected chi connectivity index (χ3v) is 8.38. The molecule has 4 heterocycles. The molecule has 2 bridgehead atoms. The van der Waals surface area contributed by atoms with E-state index in [1.54, 1.807) is 0 Å². The highest BCUT2D eigenvalue weighted by Crippen LogP contribution is 2.46. The van der Waals surface area contributed by atoms with Crippen LogP contribution in [0.1, 0.15) is 48.9 Å². The number of hydrogen-bond acceptors (Lipinski definition) is 4. The van der Waals surface area contributed by atoms with E-state index in [0.717, 1.165) is 63.0 Å². The van der Waals surface area contributed by atoms with Crippen LogP contribution in [0.4, 0.5) is 5.69 Å². The summed E-state index contributed by atoms with van der Waals surface area (Å²) in [5.41, 5.74) is 2.05. The van der Waals surface area contributed by atoms with Gasteiger partial charge in [-0.15, -0.1) is 0 Å². The normalized spacial score (nSPS) is 34.5. The van der Waals surface area contributed by atoms with Crippen molar-refractivity contribution in [2.24, 2.45) is 17.8 Å². The van der Waals surface area contributed by atoms with E-state index in [-0.39, 0.29) is 5.91 Å². The molecule has 4 saturated heterocycles. The van der Waals surface area contributed by atoms with Gasteiger partial charge in [-0.2, -0.15) is 0 Å². The monoisotopic (exact) mass is 409 g/mol. The SMILES string of the molecule is O=C(c1ccc(N2CCOCC2)cc1)N1C[C@@H]2C[C@H](C1)[C@@H]1CCC[C@H](C3CC3)N1C2. The average molecular weight is 410 g/mol. The van der Waals surface area contributed by atoms with Crippen molar-refractivity contribution in [2.45, 2.75) is 50.6 Å². The summed E-state index contributed by atoms with van der Waals surface area (Å²) in [6.45, 7) is 6.57. The van der Waals surface area contributed by atoms with Gasteiger partial charge in [0.1, 0.15) is 0 Å². The van der Waals surface area contributed by atoms with Crippen LogP contribution >= 0.6 is 0 Å². The molecule has 0 radical (unpaired) electrons. The van der Waals surface area contributed by atoms with E-state index >= 15 is 0 Å². The van der Waals surface area contributed by atoms with Gasteiger partial charge < -0.3 is 14.5 Å².